The van der Waals surface area contributed by atoms with E-state index in [1.165, 1.54) is 0 Å². The number of benzene rings is 1. The first-order valence-electron chi connectivity index (χ1n) is 4.67. The van der Waals surface area contributed by atoms with E-state index < -0.39 is 0 Å². The molecule has 0 spiro atoms. The number of allylic oxidation sites excluding steroid dienone is 2. The summed E-state index contributed by atoms with van der Waals surface area (Å²) in [4.78, 5) is 0. The van der Waals surface area contributed by atoms with E-state index in [1.54, 1.807) is 25.3 Å². The zero-order valence-corrected chi connectivity index (χ0v) is 9.51. The average Bonchev–Trinajstić information content (AvgIpc) is 2.26. The Kier molecular flexibility index (Phi) is 4.20. The average molecular weight is 222 g/mol. The lowest BCUT2D eigenvalue weighted by Gasteiger charge is -2.07. The molecule has 1 aromatic carbocycles. The quantitative estimate of drug-likeness (QED) is 0.730. The van der Waals surface area contributed by atoms with Gasteiger partial charge in [-0.25, -0.2) is 0 Å². The number of nitriles is 1. The molecule has 15 heavy (non-hydrogen) atoms. The Bertz CT molecular complexity index is 418. The van der Waals surface area contributed by atoms with E-state index in [4.69, 9.17) is 21.6 Å². The minimum absolute atomic E-state index is 0.594. The zero-order valence-electron chi connectivity index (χ0n) is 8.75. The van der Waals surface area contributed by atoms with Crippen LogP contribution in [0, 0.1) is 11.3 Å². The van der Waals surface area contributed by atoms with Gasteiger partial charge in [0.15, 0.2) is 0 Å². The number of halogens is 1. The summed E-state index contributed by atoms with van der Waals surface area (Å²) in [7, 11) is 1.58. The van der Waals surface area contributed by atoms with Crippen molar-refractivity contribution in [3.05, 3.63) is 34.9 Å². The molecule has 0 saturated carbocycles. The molecule has 0 atom stereocenters. The van der Waals surface area contributed by atoms with Gasteiger partial charge in [0.2, 0.25) is 0 Å². The van der Waals surface area contributed by atoms with Gasteiger partial charge in [-0.05, 0) is 24.6 Å². The third-order valence-corrected chi connectivity index (χ3v) is 2.22. The summed E-state index contributed by atoms with van der Waals surface area (Å²) in [6, 6.07) is 7.39. The summed E-state index contributed by atoms with van der Waals surface area (Å²) in [6.45, 7) is 1.98. The van der Waals surface area contributed by atoms with E-state index in [2.05, 4.69) is 6.07 Å². The first kappa shape index (κ1) is 11.6. The monoisotopic (exact) mass is 221 g/mol. The summed E-state index contributed by atoms with van der Waals surface area (Å²) >= 11 is 5.88. The van der Waals surface area contributed by atoms with E-state index >= 15 is 0 Å². The van der Waals surface area contributed by atoms with Gasteiger partial charge < -0.3 is 4.74 Å². The van der Waals surface area contributed by atoms with Crippen LogP contribution < -0.4 is 4.74 Å². The maximum atomic E-state index is 9.00. The first-order chi connectivity index (χ1) is 7.22. The fraction of sp³-hybridized carbons (Fsp3) is 0.250. The molecular formula is C12H12ClNO. The molecule has 0 bridgehead atoms. The maximum absolute atomic E-state index is 9.00. The second-order valence-corrected chi connectivity index (χ2v) is 3.42. The van der Waals surface area contributed by atoms with Gasteiger partial charge in [0.25, 0.3) is 0 Å². The molecule has 0 radical (unpaired) electrons. The van der Waals surface area contributed by atoms with Crippen molar-refractivity contribution in [2.75, 3.05) is 7.11 Å². The molecular weight excluding hydrogens is 210 g/mol. The van der Waals surface area contributed by atoms with Gasteiger partial charge in [0, 0.05) is 10.6 Å². The van der Waals surface area contributed by atoms with Gasteiger partial charge in [-0.1, -0.05) is 24.6 Å². The molecule has 78 valence electrons. The summed E-state index contributed by atoms with van der Waals surface area (Å²) in [6.07, 6.45) is 2.66. The molecule has 0 N–H and O–H groups in total. The molecule has 0 unspecified atom stereocenters. The van der Waals surface area contributed by atoms with Gasteiger partial charge in [-0.3, -0.25) is 0 Å². The van der Waals surface area contributed by atoms with Crippen molar-refractivity contribution in [1.82, 2.24) is 0 Å². The smallest absolute Gasteiger partial charge is 0.127 e. The number of rotatable bonds is 3. The van der Waals surface area contributed by atoms with E-state index in [0.717, 1.165) is 12.0 Å². The fourth-order valence-corrected chi connectivity index (χ4v) is 1.48. The summed E-state index contributed by atoms with van der Waals surface area (Å²) in [5, 5.41) is 9.60. The Labute approximate surface area is 94.7 Å². The number of methoxy groups -OCH3 is 1. The van der Waals surface area contributed by atoms with E-state index in [9.17, 15) is 0 Å². The Morgan fingerprint density at radius 1 is 1.60 bits per heavy atom. The second kappa shape index (κ2) is 5.43. The van der Waals surface area contributed by atoms with Crippen LogP contribution in [0.15, 0.2) is 24.3 Å². The van der Waals surface area contributed by atoms with Crippen LogP contribution >= 0.6 is 11.6 Å². The van der Waals surface area contributed by atoms with Gasteiger partial charge in [0.05, 0.1) is 18.8 Å². The van der Waals surface area contributed by atoms with Crippen molar-refractivity contribution >= 4 is 17.2 Å². The van der Waals surface area contributed by atoms with Crippen molar-refractivity contribution in [3.63, 3.8) is 0 Å². The molecule has 1 rings (SSSR count). The zero-order chi connectivity index (χ0) is 11.3. The Hall–Kier alpha value is -1.46. The van der Waals surface area contributed by atoms with Crippen molar-refractivity contribution < 1.29 is 4.74 Å². The molecule has 0 fully saturated rings. The molecule has 0 heterocycles. The molecule has 0 aliphatic heterocycles. The molecule has 1 aromatic rings. The van der Waals surface area contributed by atoms with Gasteiger partial charge >= 0.3 is 0 Å². The van der Waals surface area contributed by atoms with Crippen molar-refractivity contribution in [3.8, 4) is 11.8 Å². The minimum Gasteiger partial charge on any atom is -0.496 e. The van der Waals surface area contributed by atoms with Crippen molar-refractivity contribution in [1.29, 1.82) is 5.26 Å². The van der Waals surface area contributed by atoms with Crippen LogP contribution in [-0.2, 0) is 0 Å². The highest BCUT2D eigenvalue weighted by atomic mass is 35.5. The lowest BCUT2D eigenvalue weighted by atomic mass is 10.1. The molecule has 0 aromatic heterocycles. The van der Waals surface area contributed by atoms with E-state index in [1.807, 2.05) is 13.0 Å². The molecule has 0 aliphatic carbocycles. The van der Waals surface area contributed by atoms with Crippen LogP contribution in [0.1, 0.15) is 18.9 Å². The SMILES string of the molecule is CC/C=C(\C#N)c1cc(Cl)ccc1OC. The largest absolute Gasteiger partial charge is 0.496 e. The highest BCUT2D eigenvalue weighted by molar-refractivity contribution is 6.30. The molecule has 0 aliphatic rings. The highest BCUT2D eigenvalue weighted by Gasteiger charge is 2.08. The van der Waals surface area contributed by atoms with Gasteiger partial charge in [-0.2, -0.15) is 5.26 Å². The number of ether oxygens (including phenoxy) is 1. The molecule has 0 amide bonds. The molecule has 3 heteroatoms. The standard InChI is InChI=1S/C12H12ClNO/c1-3-4-9(8-14)11-7-10(13)5-6-12(11)15-2/h4-7H,3H2,1-2H3/b9-4+. The normalized spacial score (nSPS) is 10.9. The van der Waals surface area contributed by atoms with Crippen molar-refractivity contribution in [2.45, 2.75) is 13.3 Å². The van der Waals surface area contributed by atoms with Gasteiger partial charge in [-0.15, -0.1) is 0 Å². The highest BCUT2D eigenvalue weighted by Crippen LogP contribution is 2.28. The predicted octanol–water partition coefficient (Wildman–Crippen LogP) is 3.67. The van der Waals surface area contributed by atoms with E-state index in [-0.39, 0.29) is 0 Å². The van der Waals surface area contributed by atoms with Crippen LogP contribution in [0.5, 0.6) is 5.75 Å². The Morgan fingerprint density at radius 3 is 2.87 bits per heavy atom. The van der Waals surface area contributed by atoms with Crippen LogP contribution in [0.3, 0.4) is 0 Å². The second-order valence-electron chi connectivity index (χ2n) is 2.98. The third-order valence-electron chi connectivity index (χ3n) is 1.98. The molecule has 2 nitrogen and oxygen atoms in total. The third kappa shape index (κ3) is 2.74. The predicted molar refractivity (Wildman–Crippen MR) is 61.9 cm³/mol. The van der Waals surface area contributed by atoms with Crippen LogP contribution in [-0.4, -0.2) is 7.11 Å². The Balaban J connectivity index is 3.28. The van der Waals surface area contributed by atoms with Crippen molar-refractivity contribution in [2.24, 2.45) is 0 Å². The molecule has 0 saturated heterocycles. The number of hydrogen-bond acceptors (Lipinski definition) is 2. The minimum atomic E-state index is 0.594. The number of nitrogens with zero attached hydrogens (tertiary/aromatic N) is 1. The Morgan fingerprint density at radius 2 is 2.33 bits per heavy atom. The lowest BCUT2D eigenvalue weighted by molar-refractivity contribution is 0.413. The van der Waals surface area contributed by atoms with E-state index in [0.29, 0.717) is 16.3 Å². The summed E-state index contributed by atoms with van der Waals surface area (Å²) < 4.78 is 5.18. The summed E-state index contributed by atoms with van der Waals surface area (Å²) in [5.74, 6) is 0.667. The lowest BCUT2D eigenvalue weighted by Crippen LogP contribution is -1.90. The topological polar surface area (TPSA) is 33.0 Å². The van der Waals surface area contributed by atoms with Crippen LogP contribution in [0.4, 0.5) is 0 Å². The maximum Gasteiger partial charge on any atom is 0.127 e. The first-order valence-corrected chi connectivity index (χ1v) is 5.04. The fourth-order valence-electron chi connectivity index (χ4n) is 1.31. The van der Waals surface area contributed by atoms with Gasteiger partial charge in [0.1, 0.15) is 5.75 Å². The summed E-state index contributed by atoms with van der Waals surface area (Å²) in [5.41, 5.74) is 1.34. The van der Waals surface area contributed by atoms with Crippen LogP contribution in [0.25, 0.3) is 5.57 Å². The number of hydrogen-bond donors (Lipinski definition) is 0. The van der Waals surface area contributed by atoms with Crippen LogP contribution in [0.2, 0.25) is 5.02 Å².